The first kappa shape index (κ1) is 12.1. The minimum atomic E-state index is -0.607. The summed E-state index contributed by atoms with van der Waals surface area (Å²) in [6.07, 6.45) is 0.270. The van der Waals surface area contributed by atoms with Gasteiger partial charge in [0.05, 0.1) is 7.11 Å². The number of carbonyl (C=O) groups is 2. The second-order valence-electron chi connectivity index (χ2n) is 3.88. The number of nitrogens with one attached hydrogen (secondary N) is 1. The van der Waals surface area contributed by atoms with Gasteiger partial charge in [-0.05, 0) is 34.5 Å². The lowest BCUT2D eigenvalue weighted by molar-refractivity contribution is -0.131. The van der Waals surface area contributed by atoms with Crippen molar-refractivity contribution in [2.75, 3.05) is 7.11 Å². The molecule has 0 saturated heterocycles. The first-order valence-electron chi connectivity index (χ1n) is 5.52. The summed E-state index contributed by atoms with van der Waals surface area (Å²) >= 11 is 0. The fraction of sp³-hybridized carbons (Fsp3) is 0.143. The average molecular weight is 243 g/mol. The van der Waals surface area contributed by atoms with E-state index in [0.717, 1.165) is 22.1 Å². The molecule has 1 amide bonds. The zero-order chi connectivity index (χ0) is 13.0. The maximum absolute atomic E-state index is 10.8. The van der Waals surface area contributed by atoms with Crippen molar-refractivity contribution in [3.8, 4) is 5.75 Å². The van der Waals surface area contributed by atoms with Crippen LogP contribution < -0.4 is 10.1 Å². The Balaban J connectivity index is 2.22. The van der Waals surface area contributed by atoms with Crippen molar-refractivity contribution >= 4 is 23.0 Å². The average Bonchev–Trinajstić information content (AvgIpc) is 2.43. The summed E-state index contributed by atoms with van der Waals surface area (Å²) in [5, 5.41) is 4.64. The molecule has 0 atom stereocenters. The molecule has 92 valence electrons. The molecule has 18 heavy (non-hydrogen) atoms. The molecule has 0 heterocycles. The van der Waals surface area contributed by atoms with E-state index in [9.17, 15) is 9.59 Å². The van der Waals surface area contributed by atoms with Gasteiger partial charge in [-0.15, -0.1) is 0 Å². The highest BCUT2D eigenvalue weighted by Gasteiger charge is 2.01. The Hall–Kier alpha value is -2.36. The molecule has 2 aromatic carbocycles. The van der Waals surface area contributed by atoms with Gasteiger partial charge in [-0.3, -0.25) is 9.59 Å². The summed E-state index contributed by atoms with van der Waals surface area (Å²) in [6, 6.07) is 11.6. The molecule has 0 fully saturated rings. The molecule has 0 radical (unpaired) electrons. The quantitative estimate of drug-likeness (QED) is 0.656. The first-order valence-corrected chi connectivity index (χ1v) is 5.52. The number of hydrogen-bond donors (Lipinski definition) is 1. The van der Waals surface area contributed by atoms with E-state index in [-0.39, 0.29) is 6.29 Å². The van der Waals surface area contributed by atoms with E-state index in [1.165, 1.54) is 0 Å². The largest absolute Gasteiger partial charge is 0.497 e. The Kier molecular flexibility index (Phi) is 3.57. The first-order chi connectivity index (χ1) is 8.72. The maximum atomic E-state index is 10.8. The van der Waals surface area contributed by atoms with E-state index in [0.29, 0.717) is 6.54 Å². The topological polar surface area (TPSA) is 55.4 Å². The lowest BCUT2D eigenvalue weighted by Gasteiger charge is -2.06. The molecular weight excluding hydrogens is 230 g/mol. The second-order valence-corrected chi connectivity index (χ2v) is 3.88. The van der Waals surface area contributed by atoms with Crippen molar-refractivity contribution in [3.63, 3.8) is 0 Å². The van der Waals surface area contributed by atoms with Crippen molar-refractivity contribution in [1.29, 1.82) is 0 Å². The fourth-order valence-corrected chi connectivity index (χ4v) is 1.74. The summed E-state index contributed by atoms with van der Waals surface area (Å²) in [5.41, 5.74) is 0.947. The maximum Gasteiger partial charge on any atom is 0.284 e. The highest BCUT2D eigenvalue weighted by atomic mass is 16.5. The van der Waals surface area contributed by atoms with E-state index in [4.69, 9.17) is 4.74 Å². The molecule has 0 aliphatic heterocycles. The summed E-state index contributed by atoms with van der Waals surface area (Å²) in [5.74, 6) is 0.203. The fourth-order valence-electron chi connectivity index (χ4n) is 1.74. The molecule has 0 saturated carbocycles. The van der Waals surface area contributed by atoms with Crippen LogP contribution in [0.4, 0.5) is 0 Å². The summed E-state index contributed by atoms with van der Waals surface area (Å²) in [4.78, 5) is 21.0. The number of aldehydes is 1. The molecule has 2 rings (SSSR count). The molecule has 0 spiro atoms. The number of benzene rings is 2. The van der Waals surface area contributed by atoms with Gasteiger partial charge in [-0.2, -0.15) is 0 Å². The third-order valence-electron chi connectivity index (χ3n) is 2.69. The van der Waals surface area contributed by atoms with E-state index >= 15 is 0 Å². The van der Waals surface area contributed by atoms with Gasteiger partial charge in [-0.25, -0.2) is 0 Å². The van der Waals surface area contributed by atoms with Gasteiger partial charge in [0.15, 0.2) is 0 Å². The van der Waals surface area contributed by atoms with E-state index in [2.05, 4.69) is 5.32 Å². The smallest absolute Gasteiger partial charge is 0.284 e. The predicted molar refractivity (Wildman–Crippen MR) is 68.4 cm³/mol. The zero-order valence-corrected chi connectivity index (χ0v) is 9.97. The Bertz CT molecular complexity index is 593. The monoisotopic (exact) mass is 243 g/mol. The van der Waals surface area contributed by atoms with Gasteiger partial charge in [0.25, 0.3) is 5.91 Å². The van der Waals surface area contributed by atoms with Gasteiger partial charge in [-0.1, -0.05) is 18.2 Å². The van der Waals surface area contributed by atoms with Crippen molar-refractivity contribution in [1.82, 2.24) is 5.32 Å². The van der Waals surface area contributed by atoms with Crippen LogP contribution in [-0.4, -0.2) is 19.3 Å². The number of methoxy groups -OCH3 is 1. The van der Waals surface area contributed by atoms with Crippen LogP contribution >= 0.6 is 0 Å². The Morgan fingerprint density at radius 1 is 1.22 bits per heavy atom. The van der Waals surface area contributed by atoms with Crippen molar-refractivity contribution in [2.45, 2.75) is 6.54 Å². The van der Waals surface area contributed by atoms with Gasteiger partial charge in [0.2, 0.25) is 6.29 Å². The van der Waals surface area contributed by atoms with E-state index in [1.54, 1.807) is 7.11 Å². The van der Waals surface area contributed by atoms with Crippen LogP contribution in [0.15, 0.2) is 36.4 Å². The normalized spacial score (nSPS) is 10.1. The molecule has 0 bridgehead atoms. The molecule has 0 aliphatic rings. The number of hydrogen-bond acceptors (Lipinski definition) is 3. The van der Waals surface area contributed by atoms with Crippen LogP contribution in [-0.2, 0) is 16.1 Å². The van der Waals surface area contributed by atoms with Crippen LogP contribution in [0.1, 0.15) is 5.56 Å². The molecule has 4 heteroatoms. The zero-order valence-electron chi connectivity index (χ0n) is 9.97. The SMILES string of the molecule is COc1ccc2cc(CNC(=O)C=O)ccc2c1. The molecule has 2 aromatic rings. The molecule has 0 unspecified atom stereocenters. The van der Waals surface area contributed by atoms with Gasteiger partial charge in [0.1, 0.15) is 5.75 Å². The molecule has 1 N–H and O–H groups in total. The minimum Gasteiger partial charge on any atom is -0.497 e. The van der Waals surface area contributed by atoms with E-state index in [1.807, 2.05) is 36.4 Å². The lowest BCUT2D eigenvalue weighted by atomic mass is 10.1. The standard InChI is InChI=1S/C14H13NO3/c1-18-13-5-4-11-6-10(2-3-12(11)7-13)8-15-14(17)9-16/h2-7,9H,8H2,1H3,(H,15,17). The summed E-state index contributed by atoms with van der Waals surface area (Å²) in [7, 11) is 1.63. The van der Waals surface area contributed by atoms with Gasteiger partial charge >= 0.3 is 0 Å². The van der Waals surface area contributed by atoms with Crippen LogP contribution in [0, 0.1) is 0 Å². The van der Waals surface area contributed by atoms with Crippen molar-refractivity contribution in [2.24, 2.45) is 0 Å². The van der Waals surface area contributed by atoms with Crippen LogP contribution in [0.3, 0.4) is 0 Å². The van der Waals surface area contributed by atoms with E-state index < -0.39 is 5.91 Å². The molecular formula is C14H13NO3. The van der Waals surface area contributed by atoms with Crippen molar-refractivity contribution < 1.29 is 14.3 Å². The third-order valence-corrected chi connectivity index (χ3v) is 2.69. The summed E-state index contributed by atoms with van der Waals surface area (Å²) in [6.45, 7) is 0.347. The Morgan fingerprint density at radius 2 is 1.94 bits per heavy atom. The highest BCUT2D eigenvalue weighted by molar-refractivity contribution is 6.23. The Labute approximate surface area is 105 Å². The highest BCUT2D eigenvalue weighted by Crippen LogP contribution is 2.21. The van der Waals surface area contributed by atoms with Crippen LogP contribution in [0.25, 0.3) is 10.8 Å². The third kappa shape index (κ3) is 2.66. The minimum absolute atomic E-state index is 0.270. The number of rotatable bonds is 4. The molecule has 0 aliphatic carbocycles. The molecule has 4 nitrogen and oxygen atoms in total. The van der Waals surface area contributed by atoms with Gasteiger partial charge < -0.3 is 10.1 Å². The lowest BCUT2D eigenvalue weighted by Crippen LogP contribution is -2.23. The predicted octanol–water partition coefficient (Wildman–Crippen LogP) is 1.66. The Morgan fingerprint density at radius 3 is 2.67 bits per heavy atom. The van der Waals surface area contributed by atoms with Crippen molar-refractivity contribution in [3.05, 3.63) is 42.0 Å². The number of fused-ring (bicyclic) bond motifs is 1. The summed E-state index contributed by atoms with van der Waals surface area (Å²) < 4.78 is 5.15. The number of amides is 1. The van der Waals surface area contributed by atoms with Gasteiger partial charge in [0, 0.05) is 6.54 Å². The number of ether oxygens (including phenoxy) is 1. The van der Waals surface area contributed by atoms with Crippen LogP contribution in [0.2, 0.25) is 0 Å². The second kappa shape index (κ2) is 5.31. The molecule has 0 aromatic heterocycles. The van der Waals surface area contributed by atoms with Crippen LogP contribution in [0.5, 0.6) is 5.75 Å². The number of carbonyl (C=O) groups excluding carboxylic acids is 2.